The highest BCUT2D eigenvalue weighted by atomic mass is 16.5. The first-order chi connectivity index (χ1) is 9.63. The third-order valence-electron chi connectivity index (χ3n) is 2.98. The third kappa shape index (κ3) is 2.32. The lowest BCUT2D eigenvalue weighted by molar-refractivity contribution is 0.386. The molecule has 8 nitrogen and oxygen atoms in total. The van der Waals surface area contributed by atoms with Crippen molar-refractivity contribution in [1.29, 1.82) is 0 Å². The fourth-order valence-electron chi connectivity index (χ4n) is 1.92. The quantitative estimate of drug-likeness (QED) is 0.650. The summed E-state index contributed by atoms with van der Waals surface area (Å²) in [7, 11) is 0. The van der Waals surface area contributed by atoms with E-state index in [4.69, 9.17) is 10.3 Å². The zero-order valence-corrected chi connectivity index (χ0v) is 11.2. The molecular weight excluding hydrogens is 258 g/mol. The molecule has 0 bridgehead atoms. The predicted octanol–water partition coefficient (Wildman–Crippen LogP) is 1.08. The molecular formula is C12H15N7O. The van der Waals surface area contributed by atoms with Crippen LogP contribution < -0.4 is 11.1 Å². The van der Waals surface area contributed by atoms with Crippen molar-refractivity contribution in [3.05, 3.63) is 29.7 Å². The molecule has 4 N–H and O–H groups in total. The minimum Gasteiger partial charge on any atom is -0.382 e. The topological polar surface area (TPSA) is 119 Å². The molecule has 3 aromatic rings. The number of imidazole rings is 1. The van der Waals surface area contributed by atoms with Gasteiger partial charge in [-0.2, -0.15) is 0 Å². The second-order valence-electron chi connectivity index (χ2n) is 4.60. The Balaban J connectivity index is 1.76. The van der Waals surface area contributed by atoms with Gasteiger partial charge in [0.15, 0.2) is 11.5 Å². The van der Waals surface area contributed by atoms with Crippen LogP contribution in [0.2, 0.25) is 0 Å². The number of nitrogens with zero attached hydrogens (tertiary/aromatic N) is 4. The lowest BCUT2D eigenvalue weighted by Crippen LogP contribution is -2.21. The molecule has 8 heteroatoms. The second-order valence-corrected chi connectivity index (χ2v) is 4.60. The largest absolute Gasteiger partial charge is 0.382 e. The summed E-state index contributed by atoms with van der Waals surface area (Å²) in [5.41, 5.74) is 7.94. The SMILES string of the molecule is Cc1cc(CNC(C)c2nc(N)c3[nH]cnc3n2)no1. The molecule has 3 rings (SSSR count). The van der Waals surface area contributed by atoms with Gasteiger partial charge in [0, 0.05) is 12.6 Å². The molecule has 0 spiro atoms. The number of nitrogens with two attached hydrogens (primary N) is 1. The Morgan fingerprint density at radius 1 is 1.45 bits per heavy atom. The number of aryl methyl sites for hydroxylation is 1. The molecule has 1 atom stereocenters. The molecule has 3 heterocycles. The average Bonchev–Trinajstić information content (AvgIpc) is 3.04. The molecule has 1 unspecified atom stereocenters. The highest BCUT2D eigenvalue weighted by Crippen LogP contribution is 2.17. The zero-order valence-electron chi connectivity index (χ0n) is 11.2. The van der Waals surface area contributed by atoms with E-state index in [1.54, 1.807) is 6.33 Å². The Hall–Kier alpha value is -2.48. The molecule has 0 fully saturated rings. The summed E-state index contributed by atoms with van der Waals surface area (Å²) in [6.07, 6.45) is 1.55. The van der Waals surface area contributed by atoms with Crippen LogP contribution in [0.15, 0.2) is 16.9 Å². The number of nitrogen functional groups attached to an aromatic ring is 1. The van der Waals surface area contributed by atoms with E-state index in [9.17, 15) is 0 Å². The van der Waals surface area contributed by atoms with E-state index in [-0.39, 0.29) is 6.04 Å². The maximum Gasteiger partial charge on any atom is 0.183 e. The van der Waals surface area contributed by atoms with Gasteiger partial charge in [-0.3, -0.25) is 0 Å². The minimum absolute atomic E-state index is 0.0737. The van der Waals surface area contributed by atoms with Crippen LogP contribution in [0, 0.1) is 6.92 Å². The molecule has 0 aliphatic heterocycles. The van der Waals surface area contributed by atoms with E-state index in [0.29, 0.717) is 29.4 Å². The fourth-order valence-corrected chi connectivity index (χ4v) is 1.92. The van der Waals surface area contributed by atoms with Crippen molar-refractivity contribution in [3.63, 3.8) is 0 Å². The highest BCUT2D eigenvalue weighted by Gasteiger charge is 2.13. The van der Waals surface area contributed by atoms with Gasteiger partial charge in [-0.05, 0) is 13.8 Å². The van der Waals surface area contributed by atoms with E-state index < -0.39 is 0 Å². The Bertz CT molecular complexity index is 732. The molecule has 3 aromatic heterocycles. The lowest BCUT2D eigenvalue weighted by Gasteiger charge is -2.11. The van der Waals surface area contributed by atoms with Crippen LogP contribution in [0.3, 0.4) is 0 Å². The first-order valence-corrected chi connectivity index (χ1v) is 6.25. The van der Waals surface area contributed by atoms with Crippen molar-refractivity contribution in [2.75, 3.05) is 5.73 Å². The van der Waals surface area contributed by atoms with Crippen molar-refractivity contribution in [2.45, 2.75) is 26.4 Å². The van der Waals surface area contributed by atoms with Crippen LogP contribution in [-0.4, -0.2) is 25.1 Å². The number of aromatic amines is 1. The van der Waals surface area contributed by atoms with E-state index >= 15 is 0 Å². The number of anilines is 1. The molecule has 0 radical (unpaired) electrons. The Kier molecular flexibility index (Phi) is 3.07. The summed E-state index contributed by atoms with van der Waals surface area (Å²) in [5.74, 6) is 1.78. The van der Waals surface area contributed by atoms with Gasteiger partial charge < -0.3 is 20.6 Å². The van der Waals surface area contributed by atoms with Gasteiger partial charge in [0.05, 0.1) is 18.1 Å². The van der Waals surface area contributed by atoms with E-state index in [1.807, 2.05) is 19.9 Å². The van der Waals surface area contributed by atoms with Crippen molar-refractivity contribution >= 4 is 17.0 Å². The van der Waals surface area contributed by atoms with Crippen LogP contribution in [0.1, 0.15) is 30.2 Å². The first kappa shape index (κ1) is 12.5. The van der Waals surface area contributed by atoms with E-state index in [1.165, 1.54) is 0 Å². The number of hydrogen-bond donors (Lipinski definition) is 3. The summed E-state index contributed by atoms with van der Waals surface area (Å²) < 4.78 is 5.01. The van der Waals surface area contributed by atoms with Crippen LogP contribution in [0.4, 0.5) is 5.82 Å². The van der Waals surface area contributed by atoms with Gasteiger partial charge >= 0.3 is 0 Å². The van der Waals surface area contributed by atoms with Crippen molar-refractivity contribution in [2.24, 2.45) is 0 Å². The summed E-state index contributed by atoms with van der Waals surface area (Å²) in [6, 6.07) is 1.81. The van der Waals surface area contributed by atoms with Gasteiger partial charge in [-0.1, -0.05) is 5.16 Å². The van der Waals surface area contributed by atoms with Crippen LogP contribution >= 0.6 is 0 Å². The number of hydrogen-bond acceptors (Lipinski definition) is 7. The monoisotopic (exact) mass is 273 g/mol. The van der Waals surface area contributed by atoms with Gasteiger partial charge in [0.25, 0.3) is 0 Å². The summed E-state index contributed by atoms with van der Waals surface area (Å²) >= 11 is 0. The fraction of sp³-hybridized carbons (Fsp3) is 0.333. The predicted molar refractivity (Wildman–Crippen MR) is 72.6 cm³/mol. The van der Waals surface area contributed by atoms with E-state index in [0.717, 1.165) is 11.5 Å². The van der Waals surface area contributed by atoms with Gasteiger partial charge in [0.1, 0.15) is 17.1 Å². The molecule has 0 amide bonds. The molecule has 0 saturated carbocycles. The van der Waals surface area contributed by atoms with Gasteiger partial charge in [-0.15, -0.1) is 0 Å². The number of rotatable bonds is 4. The number of nitrogens with one attached hydrogen (secondary N) is 2. The Morgan fingerprint density at radius 3 is 3.05 bits per heavy atom. The molecule has 0 aliphatic carbocycles. The molecule has 104 valence electrons. The van der Waals surface area contributed by atoms with Crippen molar-refractivity contribution in [3.8, 4) is 0 Å². The molecule has 20 heavy (non-hydrogen) atoms. The molecule has 0 saturated heterocycles. The normalized spacial score (nSPS) is 12.9. The molecule has 0 aromatic carbocycles. The molecule has 0 aliphatic rings. The second kappa shape index (κ2) is 4.89. The van der Waals surface area contributed by atoms with Crippen LogP contribution in [0.5, 0.6) is 0 Å². The smallest absolute Gasteiger partial charge is 0.183 e. The Labute approximate surface area is 114 Å². The third-order valence-corrected chi connectivity index (χ3v) is 2.98. The van der Waals surface area contributed by atoms with Crippen molar-refractivity contribution in [1.82, 2.24) is 30.4 Å². The van der Waals surface area contributed by atoms with Gasteiger partial charge in [-0.25, -0.2) is 15.0 Å². The first-order valence-electron chi connectivity index (χ1n) is 6.25. The zero-order chi connectivity index (χ0) is 14.1. The summed E-state index contributed by atoms with van der Waals surface area (Å²) in [5, 5.41) is 7.19. The maximum atomic E-state index is 5.87. The number of fused-ring (bicyclic) bond motifs is 1. The van der Waals surface area contributed by atoms with Gasteiger partial charge in [0.2, 0.25) is 0 Å². The lowest BCUT2D eigenvalue weighted by atomic mass is 10.3. The van der Waals surface area contributed by atoms with E-state index in [2.05, 4.69) is 30.4 Å². The van der Waals surface area contributed by atoms with Crippen LogP contribution in [-0.2, 0) is 6.54 Å². The van der Waals surface area contributed by atoms with Crippen molar-refractivity contribution < 1.29 is 4.52 Å². The Morgan fingerprint density at radius 2 is 2.30 bits per heavy atom. The van der Waals surface area contributed by atoms with Crippen LogP contribution in [0.25, 0.3) is 11.2 Å². The summed E-state index contributed by atoms with van der Waals surface area (Å²) in [4.78, 5) is 15.7. The summed E-state index contributed by atoms with van der Waals surface area (Å²) in [6.45, 7) is 4.38. The maximum absolute atomic E-state index is 5.87. The average molecular weight is 273 g/mol. The minimum atomic E-state index is -0.0737. The standard InChI is InChI=1S/C12H15N7O/c1-6-3-8(19-20-6)4-14-7(2)11-17-10(13)9-12(18-11)16-5-15-9/h3,5,7,14H,4H2,1-2H3,(H3,13,15,16,17,18). The number of H-pyrrole nitrogens is 1. The highest BCUT2D eigenvalue weighted by molar-refractivity contribution is 5.80. The number of aromatic nitrogens is 5.